The molecule has 1 radical (unpaired) electrons. The number of allylic oxidation sites excluding steroid dienone is 4. The zero-order valence-corrected chi connectivity index (χ0v) is 16.8. The Labute approximate surface area is 171 Å². The first-order chi connectivity index (χ1) is 12.5. The molecule has 0 atom stereocenters. The van der Waals surface area contributed by atoms with Gasteiger partial charge < -0.3 is 10.6 Å². The molecule has 141 valence electrons. The van der Waals surface area contributed by atoms with E-state index < -0.39 is 0 Å². The van der Waals surface area contributed by atoms with Gasteiger partial charge in [0, 0.05) is 22.8 Å². The maximum absolute atomic E-state index is 4.72. The molecule has 4 nitrogen and oxygen atoms in total. The van der Waals surface area contributed by atoms with Crippen LogP contribution in [-0.2, 0) is 17.1 Å². The first-order valence-corrected chi connectivity index (χ1v) is 8.60. The van der Waals surface area contributed by atoms with Gasteiger partial charge in [-0.2, -0.15) is 11.4 Å². The number of hydrogen-bond donors (Lipinski definition) is 0. The first kappa shape index (κ1) is 20.7. The maximum atomic E-state index is 4.72. The van der Waals surface area contributed by atoms with Gasteiger partial charge in [-0.15, -0.1) is 11.4 Å². The second-order valence-corrected chi connectivity index (χ2v) is 6.28. The van der Waals surface area contributed by atoms with E-state index in [1.807, 2.05) is 88.4 Å². The number of para-hydroxylation sites is 4. The first-order valence-electron chi connectivity index (χ1n) is 8.60. The monoisotopic (exact) mass is 405 g/mol. The predicted octanol–water partition coefficient (Wildman–Crippen LogP) is 7.40. The maximum Gasteiger partial charge on any atom is 2.00 e. The van der Waals surface area contributed by atoms with Gasteiger partial charge in [0.15, 0.2) is 0 Å². The van der Waals surface area contributed by atoms with Crippen LogP contribution < -0.4 is 0 Å². The molecule has 0 unspecified atom stereocenters. The van der Waals surface area contributed by atoms with Crippen molar-refractivity contribution in [2.24, 2.45) is 9.98 Å². The predicted molar refractivity (Wildman–Crippen MR) is 112 cm³/mol. The van der Waals surface area contributed by atoms with E-state index in [9.17, 15) is 0 Å². The summed E-state index contributed by atoms with van der Waals surface area (Å²) < 4.78 is 0. The van der Waals surface area contributed by atoms with E-state index in [0.717, 1.165) is 45.6 Å². The standard InChI is InChI=1S/C22H22N4.Cu/c1-15-13-16(2)24-21-11-7-8-12-22(21)26-18(4)14-17(3)25-20-10-6-5-9-19(20)23-15;/h5-14H,1-4H3;/q-2;+2. The van der Waals surface area contributed by atoms with Crippen LogP contribution in [0.4, 0.5) is 22.7 Å². The van der Waals surface area contributed by atoms with Crippen molar-refractivity contribution in [2.45, 2.75) is 27.7 Å². The average Bonchev–Trinajstić information content (AvgIpc) is 2.57. The van der Waals surface area contributed by atoms with Crippen molar-refractivity contribution in [1.29, 1.82) is 0 Å². The van der Waals surface area contributed by atoms with Gasteiger partial charge in [0.05, 0.1) is 0 Å². The average molecular weight is 406 g/mol. The van der Waals surface area contributed by atoms with Crippen LogP contribution in [0.5, 0.6) is 0 Å². The van der Waals surface area contributed by atoms with Crippen molar-refractivity contribution in [1.82, 2.24) is 0 Å². The minimum absolute atomic E-state index is 0. The number of nitrogens with zero attached hydrogens (tertiary/aromatic N) is 4. The number of benzene rings is 2. The largest absolute Gasteiger partial charge is 2.00 e. The zero-order valence-electron chi connectivity index (χ0n) is 15.9. The van der Waals surface area contributed by atoms with Crippen molar-refractivity contribution in [2.75, 3.05) is 0 Å². The van der Waals surface area contributed by atoms with E-state index in [4.69, 9.17) is 20.6 Å². The molecule has 0 amide bonds. The summed E-state index contributed by atoms with van der Waals surface area (Å²) in [6.45, 7) is 7.88. The molecule has 2 aromatic rings. The van der Waals surface area contributed by atoms with Gasteiger partial charge in [-0.25, -0.2) is 0 Å². The van der Waals surface area contributed by atoms with Crippen molar-refractivity contribution in [3.05, 3.63) is 82.7 Å². The Hall–Kier alpha value is -2.62. The molecule has 1 aliphatic heterocycles. The second-order valence-electron chi connectivity index (χ2n) is 6.28. The van der Waals surface area contributed by atoms with Crippen LogP contribution in [0.2, 0.25) is 0 Å². The molecule has 0 aromatic heterocycles. The van der Waals surface area contributed by atoms with Gasteiger partial charge in [0.25, 0.3) is 0 Å². The zero-order chi connectivity index (χ0) is 18.5. The fourth-order valence-electron chi connectivity index (χ4n) is 2.80. The van der Waals surface area contributed by atoms with Crippen LogP contribution in [0.15, 0.2) is 82.1 Å². The summed E-state index contributed by atoms with van der Waals surface area (Å²) >= 11 is 0. The molecule has 0 fully saturated rings. The second kappa shape index (κ2) is 9.35. The molecule has 0 spiro atoms. The van der Waals surface area contributed by atoms with Crippen molar-refractivity contribution in [3.8, 4) is 0 Å². The van der Waals surface area contributed by atoms with E-state index >= 15 is 0 Å². The summed E-state index contributed by atoms with van der Waals surface area (Å²) in [6.07, 6.45) is 3.94. The molecule has 1 aliphatic rings. The Morgan fingerprint density at radius 1 is 0.593 bits per heavy atom. The minimum atomic E-state index is 0. The number of aliphatic imine (C=N–C) groups is 2. The Morgan fingerprint density at radius 2 is 0.963 bits per heavy atom. The van der Waals surface area contributed by atoms with Crippen molar-refractivity contribution < 1.29 is 17.1 Å². The van der Waals surface area contributed by atoms with Crippen molar-refractivity contribution in [3.63, 3.8) is 0 Å². The van der Waals surface area contributed by atoms with Crippen molar-refractivity contribution >= 4 is 34.2 Å². The number of hydrogen-bond acceptors (Lipinski definition) is 2. The molecular weight excluding hydrogens is 384 g/mol. The Morgan fingerprint density at radius 3 is 1.37 bits per heavy atom. The summed E-state index contributed by atoms with van der Waals surface area (Å²) in [5.74, 6) is 0. The fraction of sp³-hybridized carbons (Fsp3) is 0.182. The number of fused-ring (bicyclic) bond motifs is 2. The molecule has 0 bridgehead atoms. The van der Waals surface area contributed by atoms with E-state index in [1.54, 1.807) is 0 Å². The van der Waals surface area contributed by atoms with Gasteiger partial charge >= 0.3 is 17.1 Å². The molecule has 0 N–H and O–H groups in total. The van der Waals surface area contributed by atoms with E-state index in [-0.39, 0.29) is 17.1 Å². The van der Waals surface area contributed by atoms with Gasteiger partial charge in [-0.1, -0.05) is 62.4 Å². The van der Waals surface area contributed by atoms with Crippen LogP contribution in [0.25, 0.3) is 10.6 Å². The van der Waals surface area contributed by atoms with Gasteiger partial charge in [-0.3, -0.25) is 9.98 Å². The third-order valence-electron chi connectivity index (χ3n) is 3.79. The van der Waals surface area contributed by atoms with Crippen LogP contribution in [0.1, 0.15) is 27.7 Å². The number of rotatable bonds is 0. The van der Waals surface area contributed by atoms with Crippen LogP contribution in [0, 0.1) is 0 Å². The quantitative estimate of drug-likeness (QED) is 0.410. The summed E-state index contributed by atoms with van der Waals surface area (Å²) in [5, 5.41) is 9.43. The van der Waals surface area contributed by atoms with Gasteiger partial charge in [-0.05, 0) is 26.0 Å². The fourth-order valence-corrected chi connectivity index (χ4v) is 2.80. The SMILES string of the molecule is CC1=CC(C)=Nc2ccccc2[N-]C(C)=CC(C)=Nc2ccccc2[N-]1.[Cu+2]. The normalized spacial score (nSPS) is 14.4. The minimum Gasteiger partial charge on any atom is -0.660 e. The summed E-state index contributed by atoms with van der Waals surface area (Å²) in [5.41, 5.74) is 6.88. The molecule has 0 aliphatic carbocycles. The Kier molecular flexibility index (Phi) is 7.17. The topological polar surface area (TPSA) is 52.9 Å². The van der Waals surface area contributed by atoms with Gasteiger partial charge in [0.1, 0.15) is 0 Å². The van der Waals surface area contributed by atoms with Crippen LogP contribution >= 0.6 is 0 Å². The molecule has 27 heavy (non-hydrogen) atoms. The van der Waals surface area contributed by atoms with Crippen LogP contribution in [0.3, 0.4) is 0 Å². The smallest absolute Gasteiger partial charge is 0.660 e. The third kappa shape index (κ3) is 5.68. The molecule has 5 heteroatoms. The molecule has 3 rings (SSSR count). The molecule has 0 saturated carbocycles. The third-order valence-corrected chi connectivity index (χ3v) is 3.79. The molecule has 1 heterocycles. The van der Waals surface area contributed by atoms with E-state index in [0.29, 0.717) is 0 Å². The van der Waals surface area contributed by atoms with E-state index in [2.05, 4.69) is 0 Å². The Bertz CT molecular complexity index is 861. The summed E-state index contributed by atoms with van der Waals surface area (Å²) in [6, 6.07) is 15.8. The molecule has 0 saturated heterocycles. The van der Waals surface area contributed by atoms with Gasteiger partial charge in [0.2, 0.25) is 0 Å². The summed E-state index contributed by atoms with van der Waals surface area (Å²) in [7, 11) is 0. The summed E-state index contributed by atoms with van der Waals surface area (Å²) in [4.78, 5) is 9.43. The van der Waals surface area contributed by atoms with Crippen LogP contribution in [-0.4, -0.2) is 11.4 Å². The van der Waals surface area contributed by atoms with E-state index in [1.165, 1.54) is 0 Å². The molecular formula is C22H22CuN4. The Balaban J connectivity index is 0.00000261. The molecule has 2 aromatic carbocycles.